The topological polar surface area (TPSA) is 35.9 Å². The highest BCUT2D eigenvalue weighted by Crippen LogP contribution is 2.39. The highest BCUT2D eigenvalue weighted by atomic mass is 35.5. The Morgan fingerprint density at radius 3 is 2.09 bits per heavy atom. The first-order valence-electron chi connectivity index (χ1n) is 23.7. The van der Waals surface area contributed by atoms with E-state index in [9.17, 15) is 0 Å². The molecule has 58 heavy (non-hydrogen) atoms. The van der Waals surface area contributed by atoms with E-state index >= 15 is 0 Å². The van der Waals surface area contributed by atoms with Crippen LogP contribution in [0.4, 0.5) is 0 Å². The van der Waals surface area contributed by atoms with Crippen molar-refractivity contribution in [2.75, 3.05) is 0 Å². The summed E-state index contributed by atoms with van der Waals surface area (Å²) < 4.78 is 99.0. The van der Waals surface area contributed by atoms with E-state index in [0.717, 1.165) is 33.2 Å². The lowest BCUT2D eigenvalue weighted by Gasteiger charge is -2.20. The van der Waals surface area contributed by atoms with Crippen molar-refractivity contribution in [3.8, 4) is 50.9 Å². The molecule has 3 heterocycles. The second-order valence-electron chi connectivity index (χ2n) is 14.9. The summed E-state index contributed by atoms with van der Waals surface area (Å²) in [5.41, 5.74) is 4.67. The zero-order valence-corrected chi connectivity index (χ0v) is 32.4. The van der Waals surface area contributed by atoms with E-state index < -0.39 is 60.4 Å². The molecule has 10 aromatic rings. The number of benzene rings is 7. The lowest BCUT2D eigenvalue weighted by molar-refractivity contribution is -0.572. The summed E-state index contributed by atoms with van der Waals surface area (Å²) in [6.45, 7) is 6.52. The second kappa shape index (κ2) is 14.2. The molecule has 0 bridgehead atoms. The standard InChI is InChI=1S/C52H39ClN4O/c1-52(2,3)37-28-29-54-50(30-37)57-46-23-11-10-20-44(46)45-26-25-41(33-48(45)57)58-40-19-12-18-39(32-40)55-34-56(47-27-24-38(53)31-49(47)55)51-42(35-14-6-4-7-15-35)21-13-22-43(51)36-16-8-5-9-17-36/h4-33H,1-3H3/i4D,5D,6D,7D,8D,9D,14D,15D,16D,17D. The fraction of sp³-hybridized carbons (Fsp3) is 0.0769. The van der Waals surface area contributed by atoms with Gasteiger partial charge in [-0.3, -0.25) is 13.7 Å². The Bertz CT molecular complexity index is 3600. The molecule has 7 aromatic carbocycles. The zero-order valence-electron chi connectivity index (χ0n) is 41.6. The van der Waals surface area contributed by atoms with Crippen LogP contribution in [-0.4, -0.2) is 14.1 Å². The number of aromatic nitrogens is 4. The maximum Gasteiger partial charge on any atom is 0.269 e. The Balaban J connectivity index is 1.16. The van der Waals surface area contributed by atoms with Crippen molar-refractivity contribution < 1.29 is 23.0 Å². The minimum Gasteiger partial charge on any atom is -0.458 e. The average molecular weight is 781 g/mol. The summed E-state index contributed by atoms with van der Waals surface area (Å²) in [4.78, 5) is 4.81. The van der Waals surface area contributed by atoms with E-state index in [1.807, 2.05) is 66.9 Å². The number of pyridine rings is 1. The molecule has 0 unspecified atom stereocenters. The quantitative estimate of drug-likeness (QED) is 0.119. The third-order valence-electron chi connectivity index (χ3n) is 10.2. The van der Waals surface area contributed by atoms with Gasteiger partial charge in [-0.25, -0.2) is 4.98 Å². The Kier molecular flexibility index (Phi) is 6.39. The predicted octanol–water partition coefficient (Wildman–Crippen LogP) is 13.3. The molecule has 0 atom stereocenters. The van der Waals surface area contributed by atoms with Crippen molar-refractivity contribution >= 4 is 44.4 Å². The van der Waals surface area contributed by atoms with Gasteiger partial charge in [-0.05, 0) is 93.9 Å². The smallest absolute Gasteiger partial charge is 0.269 e. The van der Waals surface area contributed by atoms with Gasteiger partial charge < -0.3 is 4.74 Å². The summed E-state index contributed by atoms with van der Waals surface area (Å²) in [6, 6.07) is 30.1. The molecule has 0 N–H and O–H groups in total. The van der Waals surface area contributed by atoms with Crippen molar-refractivity contribution in [2.45, 2.75) is 26.2 Å². The molecule has 0 radical (unpaired) electrons. The number of nitrogens with zero attached hydrogens (tertiary/aromatic N) is 4. The number of hydrogen-bond acceptors (Lipinski definition) is 2. The summed E-state index contributed by atoms with van der Waals surface area (Å²) in [6.07, 6.45) is 5.24. The van der Waals surface area contributed by atoms with Crippen molar-refractivity contribution in [3.05, 3.63) is 199 Å². The van der Waals surface area contributed by atoms with Gasteiger partial charge in [-0.15, -0.1) is 0 Å². The number of para-hydroxylation sites is 2. The summed E-state index contributed by atoms with van der Waals surface area (Å²) >= 11 is 6.69. The first-order valence-corrected chi connectivity index (χ1v) is 19.0. The SMILES string of the molecule is [2H]c1c([2H])c([2H])c(-c2cccc(-c3c([2H])c([2H])c([2H])c([2H])c3[2H])c2-n2[c-][n+](-c3cccc(Oc4ccc5c6ccccc6n(-c6cc(C(C)(C)C)ccn6)c5c4)c3)c3cc(Cl)ccc32)c([2H])c1[2H]. The molecule has 0 amide bonds. The van der Waals surface area contributed by atoms with Gasteiger partial charge in [0.25, 0.3) is 6.33 Å². The van der Waals surface area contributed by atoms with Gasteiger partial charge in [-0.2, -0.15) is 0 Å². The van der Waals surface area contributed by atoms with Crippen molar-refractivity contribution in [1.82, 2.24) is 14.1 Å². The molecular weight excluding hydrogens is 732 g/mol. The Morgan fingerprint density at radius 1 is 0.655 bits per heavy atom. The highest BCUT2D eigenvalue weighted by molar-refractivity contribution is 6.31. The molecule has 280 valence electrons. The predicted molar refractivity (Wildman–Crippen MR) is 237 cm³/mol. The molecule has 0 saturated carbocycles. The first kappa shape index (κ1) is 26.1. The third kappa shape index (κ3) is 6.30. The minimum absolute atomic E-state index is 0.0941. The molecule has 3 aromatic heterocycles. The van der Waals surface area contributed by atoms with Crippen LogP contribution in [0.2, 0.25) is 5.02 Å². The van der Waals surface area contributed by atoms with E-state index in [1.165, 1.54) is 0 Å². The normalized spacial score (nSPS) is 14.2. The lowest BCUT2D eigenvalue weighted by atomic mass is 9.88. The number of fused-ring (bicyclic) bond motifs is 4. The highest BCUT2D eigenvalue weighted by Gasteiger charge is 2.21. The third-order valence-corrected chi connectivity index (χ3v) is 10.5. The van der Waals surface area contributed by atoms with Gasteiger partial charge in [0, 0.05) is 28.1 Å². The Hall–Kier alpha value is -6.95. The minimum atomic E-state index is -0.579. The molecule has 10 rings (SSSR count). The maximum absolute atomic E-state index is 9.00. The zero-order chi connectivity index (χ0) is 48.1. The van der Waals surface area contributed by atoms with Crippen molar-refractivity contribution in [3.63, 3.8) is 0 Å². The van der Waals surface area contributed by atoms with Gasteiger partial charge in [0.2, 0.25) is 0 Å². The van der Waals surface area contributed by atoms with Crippen molar-refractivity contribution in [1.29, 1.82) is 0 Å². The molecule has 0 fully saturated rings. The van der Waals surface area contributed by atoms with Gasteiger partial charge in [0.05, 0.1) is 47.1 Å². The van der Waals surface area contributed by atoms with Crippen LogP contribution < -0.4 is 9.30 Å². The Labute approximate surface area is 356 Å². The van der Waals surface area contributed by atoms with Crippen molar-refractivity contribution in [2.24, 2.45) is 0 Å². The molecule has 0 aliphatic heterocycles. The molecule has 0 aliphatic carbocycles. The van der Waals surface area contributed by atoms with E-state index in [4.69, 9.17) is 35.0 Å². The van der Waals surface area contributed by atoms with E-state index in [2.05, 4.69) is 49.9 Å². The van der Waals surface area contributed by atoms with Crippen LogP contribution in [0.25, 0.3) is 72.3 Å². The van der Waals surface area contributed by atoms with Crippen LogP contribution in [-0.2, 0) is 5.41 Å². The van der Waals surface area contributed by atoms with Crippen LogP contribution in [0.1, 0.15) is 40.0 Å². The largest absolute Gasteiger partial charge is 0.458 e. The molecular formula is C52H39ClN4O. The van der Waals surface area contributed by atoms with Crippen LogP contribution in [0, 0.1) is 6.33 Å². The second-order valence-corrected chi connectivity index (χ2v) is 15.3. The van der Waals surface area contributed by atoms with Crippen LogP contribution in [0.15, 0.2) is 182 Å². The monoisotopic (exact) mass is 780 g/mol. The molecule has 6 heteroatoms. The van der Waals surface area contributed by atoms with Gasteiger partial charge >= 0.3 is 0 Å². The summed E-state index contributed by atoms with van der Waals surface area (Å²) in [5, 5.41) is 2.50. The van der Waals surface area contributed by atoms with E-state index in [0.29, 0.717) is 33.2 Å². The van der Waals surface area contributed by atoms with E-state index in [-0.39, 0.29) is 33.4 Å². The number of ether oxygens (including phenoxy) is 1. The van der Waals surface area contributed by atoms with E-state index in [1.54, 1.807) is 45.5 Å². The maximum atomic E-state index is 9.00. The molecule has 0 saturated heterocycles. The number of halogens is 1. The fourth-order valence-corrected chi connectivity index (χ4v) is 7.65. The summed E-state index contributed by atoms with van der Waals surface area (Å²) in [5.74, 6) is 1.84. The Morgan fingerprint density at radius 2 is 1.34 bits per heavy atom. The van der Waals surface area contributed by atoms with Gasteiger partial charge in [-0.1, -0.05) is 141 Å². The summed E-state index contributed by atoms with van der Waals surface area (Å²) in [7, 11) is 0. The number of imidazole rings is 1. The van der Waals surface area contributed by atoms with Crippen LogP contribution in [0.5, 0.6) is 11.5 Å². The van der Waals surface area contributed by atoms with Crippen LogP contribution >= 0.6 is 11.6 Å². The fourth-order valence-electron chi connectivity index (χ4n) is 7.49. The average Bonchev–Trinajstić information content (AvgIpc) is 3.86. The molecule has 5 nitrogen and oxygen atoms in total. The number of rotatable bonds is 7. The number of hydrogen-bond donors (Lipinski definition) is 0. The lowest BCUT2D eigenvalue weighted by Crippen LogP contribution is -2.29. The van der Waals surface area contributed by atoms with Gasteiger partial charge in [0.15, 0.2) is 0 Å². The van der Waals surface area contributed by atoms with Gasteiger partial charge in [0.1, 0.15) is 17.3 Å². The van der Waals surface area contributed by atoms with Crippen LogP contribution in [0.3, 0.4) is 0 Å². The first-order chi connectivity index (χ1) is 32.4. The molecule has 0 aliphatic rings. The molecule has 0 spiro atoms.